The molecule has 0 spiro atoms. The first-order valence-electron chi connectivity index (χ1n) is 6.63. The standard InChI is InChI=1S/C16H15BrClNO2/c1-20-10-3-4-13(17)11(7-10)16-8-14(19)12-6-9(18)2-5-15(12)21-16/h2-7,14,16H,8,19H2,1H3/t14-,16?/m1/s1. The number of nitrogens with two attached hydrogens (primary N) is 1. The molecule has 1 heterocycles. The van der Waals surface area contributed by atoms with Gasteiger partial charge in [0.25, 0.3) is 0 Å². The van der Waals surface area contributed by atoms with Gasteiger partial charge in [-0.1, -0.05) is 27.5 Å². The molecule has 0 amide bonds. The summed E-state index contributed by atoms with van der Waals surface area (Å²) in [6.45, 7) is 0. The fraction of sp³-hybridized carbons (Fsp3) is 0.250. The molecule has 1 aliphatic heterocycles. The molecule has 21 heavy (non-hydrogen) atoms. The maximum Gasteiger partial charge on any atom is 0.127 e. The average Bonchev–Trinajstić information content (AvgIpc) is 2.48. The minimum atomic E-state index is -0.113. The van der Waals surface area contributed by atoms with Crippen molar-refractivity contribution in [2.24, 2.45) is 5.73 Å². The zero-order chi connectivity index (χ0) is 15.0. The van der Waals surface area contributed by atoms with Crippen LogP contribution in [-0.2, 0) is 0 Å². The van der Waals surface area contributed by atoms with E-state index in [0.717, 1.165) is 27.1 Å². The van der Waals surface area contributed by atoms with Gasteiger partial charge in [-0.2, -0.15) is 0 Å². The van der Waals surface area contributed by atoms with Crippen molar-refractivity contribution in [3.8, 4) is 11.5 Å². The third kappa shape index (κ3) is 2.89. The summed E-state index contributed by atoms with van der Waals surface area (Å²) in [5.41, 5.74) is 8.27. The number of methoxy groups -OCH3 is 1. The first-order valence-corrected chi connectivity index (χ1v) is 7.80. The number of hydrogen-bond donors (Lipinski definition) is 1. The van der Waals surface area contributed by atoms with Crippen LogP contribution in [-0.4, -0.2) is 7.11 Å². The van der Waals surface area contributed by atoms with Gasteiger partial charge in [0.05, 0.1) is 7.11 Å². The summed E-state index contributed by atoms with van der Waals surface area (Å²) in [5, 5.41) is 0.675. The zero-order valence-electron chi connectivity index (χ0n) is 11.5. The number of hydrogen-bond acceptors (Lipinski definition) is 3. The molecule has 0 bridgehead atoms. The number of rotatable bonds is 2. The van der Waals surface area contributed by atoms with Gasteiger partial charge in [0, 0.05) is 33.1 Å². The summed E-state index contributed by atoms with van der Waals surface area (Å²) < 4.78 is 12.4. The molecule has 0 radical (unpaired) electrons. The summed E-state index contributed by atoms with van der Waals surface area (Å²) in [4.78, 5) is 0. The van der Waals surface area contributed by atoms with E-state index in [-0.39, 0.29) is 12.1 Å². The van der Waals surface area contributed by atoms with Crippen molar-refractivity contribution in [1.82, 2.24) is 0 Å². The van der Waals surface area contributed by atoms with Gasteiger partial charge >= 0.3 is 0 Å². The van der Waals surface area contributed by atoms with E-state index in [1.54, 1.807) is 7.11 Å². The molecule has 1 aliphatic rings. The molecule has 2 aromatic rings. The van der Waals surface area contributed by atoms with Crippen LogP contribution in [0.25, 0.3) is 0 Å². The molecule has 2 atom stereocenters. The van der Waals surface area contributed by atoms with Crippen LogP contribution in [0.2, 0.25) is 5.02 Å². The summed E-state index contributed by atoms with van der Waals surface area (Å²) in [7, 11) is 1.65. The average molecular weight is 369 g/mol. The van der Waals surface area contributed by atoms with Crippen LogP contribution in [0.1, 0.15) is 29.7 Å². The SMILES string of the molecule is COc1ccc(Br)c(C2C[C@@H](N)c3cc(Cl)ccc3O2)c1. The Labute approximate surface area is 137 Å². The van der Waals surface area contributed by atoms with Crippen molar-refractivity contribution in [3.63, 3.8) is 0 Å². The smallest absolute Gasteiger partial charge is 0.127 e. The Morgan fingerprint density at radius 1 is 1.24 bits per heavy atom. The van der Waals surface area contributed by atoms with Gasteiger partial charge in [0.15, 0.2) is 0 Å². The maximum absolute atomic E-state index is 6.28. The number of ether oxygens (including phenoxy) is 2. The minimum Gasteiger partial charge on any atom is -0.497 e. The van der Waals surface area contributed by atoms with E-state index in [2.05, 4.69) is 15.9 Å². The molecular weight excluding hydrogens is 354 g/mol. The lowest BCUT2D eigenvalue weighted by molar-refractivity contribution is 0.160. The highest BCUT2D eigenvalue weighted by molar-refractivity contribution is 9.10. The third-order valence-electron chi connectivity index (χ3n) is 3.66. The van der Waals surface area contributed by atoms with Gasteiger partial charge in [0.2, 0.25) is 0 Å². The Bertz CT molecular complexity index is 677. The largest absolute Gasteiger partial charge is 0.497 e. The quantitative estimate of drug-likeness (QED) is 0.840. The lowest BCUT2D eigenvalue weighted by atomic mass is 9.93. The molecule has 3 nitrogen and oxygen atoms in total. The van der Waals surface area contributed by atoms with Crippen LogP contribution < -0.4 is 15.2 Å². The number of halogens is 2. The number of benzene rings is 2. The Morgan fingerprint density at radius 2 is 2.05 bits per heavy atom. The lowest BCUT2D eigenvalue weighted by Crippen LogP contribution is -2.24. The van der Waals surface area contributed by atoms with E-state index >= 15 is 0 Å². The molecular formula is C16H15BrClNO2. The number of fused-ring (bicyclic) bond motifs is 1. The molecule has 3 rings (SSSR count). The third-order valence-corrected chi connectivity index (χ3v) is 4.62. The van der Waals surface area contributed by atoms with Crippen molar-refractivity contribution < 1.29 is 9.47 Å². The van der Waals surface area contributed by atoms with Crippen LogP contribution >= 0.6 is 27.5 Å². The molecule has 0 saturated carbocycles. The molecule has 110 valence electrons. The van der Waals surface area contributed by atoms with Crippen molar-refractivity contribution in [2.75, 3.05) is 7.11 Å². The second kappa shape index (κ2) is 5.87. The van der Waals surface area contributed by atoms with E-state index in [1.165, 1.54) is 0 Å². The first-order chi connectivity index (χ1) is 10.1. The normalized spacial score (nSPS) is 20.6. The van der Waals surface area contributed by atoms with Gasteiger partial charge in [-0.05, 0) is 36.4 Å². The van der Waals surface area contributed by atoms with Crippen molar-refractivity contribution in [3.05, 3.63) is 57.0 Å². The van der Waals surface area contributed by atoms with E-state index in [1.807, 2.05) is 36.4 Å². The topological polar surface area (TPSA) is 44.5 Å². The molecule has 5 heteroatoms. The molecule has 2 aromatic carbocycles. The predicted molar refractivity (Wildman–Crippen MR) is 87.1 cm³/mol. The Morgan fingerprint density at radius 3 is 2.81 bits per heavy atom. The Kier molecular flexibility index (Phi) is 4.11. The highest BCUT2D eigenvalue weighted by Gasteiger charge is 2.28. The van der Waals surface area contributed by atoms with E-state index in [4.69, 9.17) is 26.8 Å². The van der Waals surface area contributed by atoms with Gasteiger partial charge < -0.3 is 15.2 Å². The molecule has 1 unspecified atom stereocenters. The molecule has 0 aliphatic carbocycles. The monoisotopic (exact) mass is 367 g/mol. The minimum absolute atomic E-state index is 0.101. The maximum atomic E-state index is 6.28. The molecule has 0 saturated heterocycles. The summed E-state index contributed by atoms with van der Waals surface area (Å²) >= 11 is 9.59. The Balaban J connectivity index is 1.97. The molecule has 0 fully saturated rings. The fourth-order valence-electron chi connectivity index (χ4n) is 2.56. The molecule has 2 N–H and O–H groups in total. The van der Waals surface area contributed by atoms with Crippen molar-refractivity contribution >= 4 is 27.5 Å². The second-order valence-corrected chi connectivity index (χ2v) is 6.31. The van der Waals surface area contributed by atoms with Gasteiger partial charge in [-0.25, -0.2) is 0 Å². The predicted octanol–water partition coefficient (Wildman–Crippen LogP) is 4.63. The summed E-state index contributed by atoms with van der Waals surface area (Å²) in [6, 6.07) is 11.3. The summed E-state index contributed by atoms with van der Waals surface area (Å²) in [6.07, 6.45) is 0.581. The highest BCUT2D eigenvalue weighted by Crippen LogP contribution is 2.43. The lowest BCUT2D eigenvalue weighted by Gasteiger charge is -2.31. The second-order valence-electron chi connectivity index (χ2n) is 5.02. The van der Waals surface area contributed by atoms with Crippen LogP contribution in [0, 0.1) is 0 Å². The zero-order valence-corrected chi connectivity index (χ0v) is 13.8. The fourth-order valence-corrected chi connectivity index (χ4v) is 3.24. The van der Waals surface area contributed by atoms with Gasteiger partial charge in [-0.3, -0.25) is 0 Å². The van der Waals surface area contributed by atoms with E-state index in [9.17, 15) is 0 Å². The Hall–Kier alpha value is -1.23. The van der Waals surface area contributed by atoms with E-state index < -0.39 is 0 Å². The van der Waals surface area contributed by atoms with Crippen molar-refractivity contribution in [1.29, 1.82) is 0 Å². The van der Waals surface area contributed by atoms with Crippen LogP contribution in [0.5, 0.6) is 11.5 Å². The van der Waals surface area contributed by atoms with Crippen molar-refractivity contribution in [2.45, 2.75) is 18.6 Å². The summed E-state index contributed by atoms with van der Waals surface area (Å²) in [5.74, 6) is 1.59. The van der Waals surface area contributed by atoms with Crippen LogP contribution in [0.4, 0.5) is 0 Å². The van der Waals surface area contributed by atoms with Crippen LogP contribution in [0.15, 0.2) is 40.9 Å². The van der Waals surface area contributed by atoms with Gasteiger partial charge in [-0.15, -0.1) is 0 Å². The van der Waals surface area contributed by atoms with Gasteiger partial charge in [0.1, 0.15) is 17.6 Å². The molecule has 0 aromatic heterocycles. The van der Waals surface area contributed by atoms with E-state index in [0.29, 0.717) is 11.4 Å². The van der Waals surface area contributed by atoms with Crippen LogP contribution in [0.3, 0.4) is 0 Å². The highest BCUT2D eigenvalue weighted by atomic mass is 79.9. The first kappa shape index (κ1) is 14.7.